The maximum absolute atomic E-state index is 12.4. The number of aromatic hydroxyl groups is 1. The van der Waals surface area contributed by atoms with E-state index in [9.17, 15) is 18.3 Å². The van der Waals surface area contributed by atoms with Crippen LogP contribution in [0.3, 0.4) is 0 Å². The highest BCUT2D eigenvalue weighted by molar-refractivity contribution is 7.92. The van der Waals surface area contributed by atoms with Gasteiger partial charge in [0.15, 0.2) is 5.75 Å². The van der Waals surface area contributed by atoms with Gasteiger partial charge in [0.05, 0.1) is 11.2 Å². The molecule has 10 heteroatoms. The number of aryl methyl sites for hydroxylation is 1. The van der Waals surface area contributed by atoms with E-state index in [1.54, 1.807) is 6.92 Å². The number of para-hydroxylation sites is 1. The predicted octanol–water partition coefficient (Wildman–Crippen LogP) is 3.40. The van der Waals surface area contributed by atoms with Crippen LogP contribution in [0, 0.1) is 6.92 Å². The Morgan fingerprint density at radius 2 is 1.81 bits per heavy atom. The molecule has 0 aliphatic heterocycles. The molecule has 1 heterocycles. The number of phenolic OH excluding ortho intramolecular Hbond substituents is 1. The molecule has 0 fully saturated rings. The summed E-state index contributed by atoms with van der Waals surface area (Å²) in [6.07, 6.45) is 1.31. The van der Waals surface area contributed by atoms with Crippen molar-refractivity contribution in [1.82, 2.24) is 5.16 Å². The van der Waals surface area contributed by atoms with Crippen molar-refractivity contribution < 1.29 is 22.8 Å². The average Bonchev–Trinajstić information content (AvgIpc) is 3.05. The second-order valence-electron chi connectivity index (χ2n) is 5.52. The van der Waals surface area contributed by atoms with Crippen molar-refractivity contribution in [3.63, 3.8) is 0 Å². The van der Waals surface area contributed by atoms with Gasteiger partial charge >= 0.3 is 0 Å². The molecule has 3 aromatic rings. The van der Waals surface area contributed by atoms with Gasteiger partial charge in [0.2, 0.25) is 0 Å². The zero-order chi connectivity index (χ0) is 19.6. The summed E-state index contributed by atoms with van der Waals surface area (Å²) in [5, 5.41) is 16.0. The molecule has 0 aliphatic carbocycles. The molecular weight excluding hydrogens is 394 g/mol. The lowest BCUT2D eigenvalue weighted by Crippen LogP contribution is -2.14. The van der Waals surface area contributed by atoms with Crippen LogP contribution in [0.1, 0.15) is 16.1 Å². The number of hydrogen-bond donors (Lipinski definition) is 3. The Kier molecular flexibility index (Phi) is 5.06. The number of nitrogens with zero attached hydrogens (tertiary/aromatic N) is 1. The number of aromatic nitrogens is 1. The molecule has 0 bridgehead atoms. The largest absolute Gasteiger partial charge is 0.505 e. The summed E-state index contributed by atoms with van der Waals surface area (Å²) in [6.45, 7) is 1.62. The van der Waals surface area contributed by atoms with Crippen molar-refractivity contribution in [3.8, 4) is 5.75 Å². The van der Waals surface area contributed by atoms with Gasteiger partial charge in [-0.25, -0.2) is 8.42 Å². The number of phenols is 1. The summed E-state index contributed by atoms with van der Waals surface area (Å²) in [6, 6.07) is 10.0. The molecule has 2 aromatic carbocycles. The third-order valence-electron chi connectivity index (χ3n) is 3.63. The quantitative estimate of drug-likeness (QED) is 0.596. The molecule has 0 spiro atoms. The summed E-state index contributed by atoms with van der Waals surface area (Å²) in [5.74, 6) is -0.538. The van der Waals surface area contributed by atoms with Crippen LogP contribution in [-0.4, -0.2) is 24.6 Å². The number of carbonyl (C=O) groups is 1. The van der Waals surface area contributed by atoms with Gasteiger partial charge in [-0.1, -0.05) is 22.8 Å². The second kappa shape index (κ2) is 7.29. The molecule has 0 saturated carbocycles. The van der Waals surface area contributed by atoms with Crippen LogP contribution in [0.25, 0.3) is 0 Å². The van der Waals surface area contributed by atoms with E-state index in [0.29, 0.717) is 17.0 Å². The minimum atomic E-state index is -4.04. The molecule has 0 unspecified atom stereocenters. The van der Waals surface area contributed by atoms with Crippen molar-refractivity contribution in [2.24, 2.45) is 0 Å². The van der Waals surface area contributed by atoms with E-state index in [2.05, 4.69) is 15.2 Å². The van der Waals surface area contributed by atoms with Crippen LogP contribution in [0.2, 0.25) is 5.02 Å². The van der Waals surface area contributed by atoms with Crippen LogP contribution >= 0.6 is 11.6 Å². The molecule has 8 nitrogen and oxygen atoms in total. The molecule has 0 atom stereocenters. The number of carbonyl (C=O) groups excluding carboxylic acids is 1. The SMILES string of the molecule is Cc1oncc1C(=O)Nc1ccc(NS(=O)(=O)c2cccc(Cl)c2O)cc1. The summed E-state index contributed by atoms with van der Waals surface area (Å²) in [7, 11) is -4.04. The Bertz CT molecular complexity index is 1090. The number of halogens is 1. The first-order valence-corrected chi connectivity index (χ1v) is 9.47. The van der Waals surface area contributed by atoms with Crippen molar-refractivity contribution in [2.45, 2.75) is 11.8 Å². The molecule has 140 valence electrons. The number of sulfonamides is 1. The predicted molar refractivity (Wildman–Crippen MR) is 99.6 cm³/mol. The van der Waals surface area contributed by atoms with Crippen LogP contribution in [0.5, 0.6) is 5.75 Å². The van der Waals surface area contributed by atoms with Gasteiger partial charge in [-0.05, 0) is 43.3 Å². The van der Waals surface area contributed by atoms with Gasteiger partial charge in [-0.2, -0.15) is 0 Å². The normalized spacial score (nSPS) is 11.2. The lowest BCUT2D eigenvalue weighted by molar-refractivity contribution is 0.102. The average molecular weight is 408 g/mol. The highest BCUT2D eigenvalue weighted by Gasteiger charge is 2.20. The number of amides is 1. The lowest BCUT2D eigenvalue weighted by atomic mass is 10.2. The van der Waals surface area contributed by atoms with Crippen LogP contribution < -0.4 is 10.0 Å². The van der Waals surface area contributed by atoms with Crippen molar-refractivity contribution in [3.05, 3.63) is 65.0 Å². The molecule has 0 aliphatic rings. The summed E-state index contributed by atoms with van der Waals surface area (Å²) in [4.78, 5) is 11.8. The van der Waals surface area contributed by atoms with Crippen molar-refractivity contribution in [1.29, 1.82) is 0 Å². The van der Waals surface area contributed by atoms with E-state index < -0.39 is 21.7 Å². The van der Waals surface area contributed by atoms with E-state index in [0.717, 1.165) is 0 Å². The first-order chi connectivity index (χ1) is 12.8. The number of anilines is 2. The minimum Gasteiger partial charge on any atom is -0.505 e. The molecule has 1 aromatic heterocycles. The molecule has 1 amide bonds. The third kappa shape index (κ3) is 4.04. The van der Waals surface area contributed by atoms with Crippen LogP contribution in [0.15, 0.2) is 58.1 Å². The molecule has 3 rings (SSSR count). The van der Waals surface area contributed by atoms with Crippen molar-refractivity contribution in [2.75, 3.05) is 10.0 Å². The Hall–Kier alpha value is -3.04. The molecule has 3 N–H and O–H groups in total. The van der Waals surface area contributed by atoms with Gasteiger partial charge in [0, 0.05) is 11.4 Å². The molecule has 27 heavy (non-hydrogen) atoms. The standard InChI is InChI=1S/C17H14ClN3O5S/c1-10-13(9-19-26-10)17(23)20-11-5-7-12(8-6-11)21-27(24,25)15-4-2-3-14(18)16(15)22/h2-9,21-22H,1H3,(H,20,23). The molecule has 0 radical (unpaired) electrons. The Morgan fingerprint density at radius 1 is 1.15 bits per heavy atom. The van der Waals surface area contributed by atoms with Crippen LogP contribution in [0.4, 0.5) is 11.4 Å². The van der Waals surface area contributed by atoms with E-state index >= 15 is 0 Å². The fourth-order valence-corrected chi connectivity index (χ4v) is 3.67. The van der Waals surface area contributed by atoms with Gasteiger partial charge in [0.1, 0.15) is 16.2 Å². The summed E-state index contributed by atoms with van der Waals surface area (Å²) >= 11 is 5.75. The number of hydrogen-bond acceptors (Lipinski definition) is 6. The highest BCUT2D eigenvalue weighted by atomic mass is 35.5. The zero-order valence-electron chi connectivity index (χ0n) is 13.9. The maximum atomic E-state index is 12.4. The Labute approximate surface area is 159 Å². The molecular formula is C17H14ClN3O5S. The molecule has 0 saturated heterocycles. The first kappa shape index (κ1) is 18.7. The van der Waals surface area contributed by atoms with Gasteiger partial charge < -0.3 is 14.9 Å². The zero-order valence-corrected chi connectivity index (χ0v) is 15.5. The van der Waals surface area contributed by atoms with Crippen LogP contribution in [-0.2, 0) is 10.0 Å². The minimum absolute atomic E-state index is 0.0695. The van der Waals surface area contributed by atoms with E-state index in [4.69, 9.17) is 16.1 Å². The Morgan fingerprint density at radius 3 is 2.44 bits per heavy atom. The fraction of sp³-hybridized carbons (Fsp3) is 0.0588. The van der Waals surface area contributed by atoms with Gasteiger partial charge in [-0.15, -0.1) is 0 Å². The highest BCUT2D eigenvalue weighted by Crippen LogP contribution is 2.31. The number of benzene rings is 2. The summed E-state index contributed by atoms with van der Waals surface area (Å²) in [5.41, 5.74) is 0.999. The first-order valence-electron chi connectivity index (χ1n) is 7.61. The number of rotatable bonds is 5. The van der Waals surface area contributed by atoms with E-state index in [1.165, 1.54) is 48.7 Å². The topological polar surface area (TPSA) is 122 Å². The van der Waals surface area contributed by atoms with E-state index in [1.807, 2.05) is 0 Å². The number of nitrogens with one attached hydrogen (secondary N) is 2. The summed E-state index contributed by atoms with van der Waals surface area (Å²) < 4.78 is 32.0. The Balaban J connectivity index is 1.75. The van der Waals surface area contributed by atoms with Gasteiger partial charge in [0.25, 0.3) is 15.9 Å². The third-order valence-corrected chi connectivity index (χ3v) is 5.35. The maximum Gasteiger partial charge on any atom is 0.265 e. The van der Waals surface area contributed by atoms with E-state index in [-0.39, 0.29) is 15.6 Å². The second-order valence-corrected chi connectivity index (χ2v) is 7.58. The monoisotopic (exact) mass is 407 g/mol. The smallest absolute Gasteiger partial charge is 0.265 e. The van der Waals surface area contributed by atoms with Gasteiger partial charge in [-0.3, -0.25) is 9.52 Å². The van der Waals surface area contributed by atoms with Crippen molar-refractivity contribution >= 4 is 38.9 Å². The lowest BCUT2D eigenvalue weighted by Gasteiger charge is -2.11. The fourth-order valence-electron chi connectivity index (χ4n) is 2.26.